The van der Waals surface area contributed by atoms with Crippen LogP contribution >= 0.6 is 11.3 Å². The van der Waals surface area contributed by atoms with Crippen LogP contribution in [0.3, 0.4) is 0 Å². The number of carbonyl (C=O) groups is 1. The highest BCUT2D eigenvalue weighted by Gasteiger charge is 2.17. The van der Waals surface area contributed by atoms with E-state index < -0.39 is 16.0 Å². The van der Waals surface area contributed by atoms with Crippen molar-refractivity contribution in [2.24, 2.45) is 0 Å². The van der Waals surface area contributed by atoms with E-state index >= 15 is 0 Å². The van der Waals surface area contributed by atoms with Gasteiger partial charge >= 0.3 is 5.97 Å². The molecule has 0 aliphatic rings. The van der Waals surface area contributed by atoms with Crippen LogP contribution in [0.25, 0.3) is 0 Å². The van der Waals surface area contributed by atoms with E-state index in [9.17, 15) is 13.2 Å². The first-order valence-corrected chi connectivity index (χ1v) is 8.05. The van der Waals surface area contributed by atoms with Crippen LogP contribution in [0.4, 0.5) is 0 Å². The van der Waals surface area contributed by atoms with Gasteiger partial charge in [0, 0.05) is 23.8 Å². The predicted octanol–water partition coefficient (Wildman–Crippen LogP) is 0.550. The Morgan fingerprint density at radius 1 is 1.45 bits per heavy atom. The van der Waals surface area contributed by atoms with E-state index in [4.69, 9.17) is 5.11 Å². The first kappa shape index (κ1) is 14.7. The van der Waals surface area contributed by atoms with Crippen molar-refractivity contribution in [1.29, 1.82) is 0 Å². The maximum atomic E-state index is 12.0. The van der Waals surface area contributed by atoms with Crippen LogP contribution in [0.1, 0.15) is 4.88 Å². The molecule has 2 rings (SSSR count). The van der Waals surface area contributed by atoms with Gasteiger partial charge in [0.15, 0.2) is 0 Å². The number of rotatable bonds is 7. The molecule has 108 valence electrons. The number of aliphatic carboxylic acids is 1. The van der Waals surface area contributed by atoms with Crippen molar-refractivity contribution in [2.45, 2.75) is 17.2 Å². The highest BCUT2D eigenvalue weighted by Crippen LogP contribution is 2.21. The van der Waals surface area contributed by atoms with Crippen LogP contribution in [0.15, 0.2) is 34.8 Å². The van der Waals surface area contributed by atoms with Crippen molar-refractivity contribution in [3.8, 4) is 0 Å². The van der Waals surface area contributed by atoms with E-state index in [0.717, 1.165) is 11.3 Å². The molecule has 0 aromatic carbocycles. The Hall–Kier alpha value is -1.71. The quantitative estimate of drug-likeness (QED) is 0.777. The largest absolute Gasteiger partial charge is 0.481 e. The van der Waals surface area contributed by atoms with Gasteiger partial charge in [0.2, 0.25) is 10.0 Å². The van der Waals surface area contributed by atoms with E-state index in [1.807, 2.05) is 0 Å². The SMILES string of the molecule is O=C(O)Cc1ccc(S(=O)(=O)NCCn2cccn2)s1. The molecule has 2 N–H and O–H groups in total. The summed E-state index contributed by atoms with van der Waals surface area (Å²) in [5.74, 6) is -0.984. The molecule has 2 aromatic rings. The third kappa shape index (κ3) is 3.89. The third-order valence-corrected chi connectivity index (χ3v) is 5.46. The molecule has 20 heavy (non-hydrogen) atoms. The molecule has 0 unspecified atom stereocenters. The van der Waals surface area contributed by atoms with Crippen molar-refractivity contribution >= 4 is 27.3 Å². The fourth-order valence-electron chi connectivity index (χ4n) is 1.55. The number of aromatic nitrogens is 2. The summed E-state index contributed by atoms with van der Waals surface area (Å²) >= 11 is 0.962. The molecular weight excluding hydrogens is 302 g/mol. The van der Waals surface area contributed by atoms with Crippen LogP contribution in [0, 0.1) is 0 Å². The Kier molecular flexibility index (Phi) is 4.53. The van der Waals surface area contributed by atoms with Gasteiger partial charge in [-0.05, 0) is 18.2 Å². The average Bonchev–Trinajstić information content (AvgIpc) is 2.99. The van der Waals surface area contributed by atoms with Crippen LogP contribution < -0.4 is 4.72 Å². The Bertz CT molecular complexity index is 676. The van der Waals surface area contributed by atoms with Gasteiger partial charge in [0.1, 0.15) is 4.21 Å². The number of sulfonamides is 1. The van der Waals surface area contributed by atoms with Crippen LogP contribution in [0.2, 0.25) is 0 Å². The highest BCUT2D eigenvalue weighted by atomic mass is 32.2. The monoisotopic (exact) mass is 315 g/mol. The molecule has 0 fully saturated rings. The molecule has 2 aromatic heterocycles. The van der Waals surface area contributed by atoms with E-state index in [2.05, 4.69) is 9.82 Å². The average molecular weight is 315 g/mol. The van der Waals surface area contributed by atoms with E-state index in [1.165, 1.54) is 12.1 Å². The summed E-state index contributed by atoms with van der Waals surface area (Å²) in [5.41, 5.74) is 0. The molecule has 0 saturated heterocycles. The zero-order chi connectivity index (χ0) is 14.6. The summed E-state index contributed by atoms with van der Waals surface area (Å²) in [6.45, 7) is 0.649. The van der Waals surface area contributed by atoms with E-state index in [-0.39, 0.29) is 17.2 Å². The van der Waals surface area contributed by atoms with Gasteiger partial charge in [0.05, 0.1) is 13.0 Å². The molecule has 0 atom stereocenters. The summed E-state index contributed by atoms with van der Waals surface area (Å²) in [5, 5.41) is 12.6. The van der Waals surface area contributed by atoms with Crippen LogP contribution in [-0.4, -0.2) is 35.8 Å². The number of carboxylic acids is 1. The van der Waals surface area contributed by atoms with E-state index in [1.54, 1.807) is 23.1 Å². The molecule has 0 amide bonds. The molecule has 0 saturated carbocycles. The molecule has 0 aliphatic heterocycles. The maximum absolute atomic E-state index is 12.0. The maximum Gasteiger partial charge on any atom is 0.308 e. The Morgan fingerprint density at radius 2 is 2.25 bits per heavy atom. The lowest BCUT2D eigenvalue weighted by molar-refractivity contribution is -0.136. The minimum absolute atomic E-state index is 0.120. The number of nitrogens with one attached hydrogen (secondary N) is 1. The first-order valence-electron chi connectivity index (χ1n) is 5.75. The summed E-state index contributed by atoms with van der Waals surface area (Å²) < 4.78 is 28.2. The van der Waals surface area contributed by atoms with Gasteiger partial charge in [-0.25, -0.2) is 13.1 Å². The fourth-order valence-corrected chi connectivity index (χ4v) is 3.96. The molecule has 9 heteroatoms. The number of carboxylic acid groups (broad SMARTS) is 1. The number of hydrogen-bond donors (Lipinski definition) is 2. The standard InChI is InChI=1S/C11H13N3O4S2/c15-10(16)8-9-2-3-11(19-9)20(17,18)13-5-7-14-6-1-4-12-14/h1-4,6,13H,5,7-8H2,(H,15,16). The lowest BCUT2D eigenvalue weighted by atomic mass is 10.3. The molecule has 7 nitrogen and oxygen atoms in total. The van der Waals surface area contributed by atoms with Crippen molar-refractivity contribution in [2.75, 3.05) is 6.54 Å². The second kappa shape index (κ2) is 6.16. The van der Waals surface area contributed by atoms with Gasteiger partial charge in [-0.2, -0.15) is 5.10 Å². The Labute approximate surface area is 119 Å². The normalized spacial score (nSPS) is 11.6. The van der Waals surface area contributed by atoms with E-state index in [0.29, 0.717) is 11.4 Å². The second-order valence-electron chi connectivity index (χ2n) is 3.96. The summed E-state index contributed by atoms with van der Waals surface area (Å²) in [6.07, 6.45) is 3.18. The Balaban J connectivity index is 1.95. The van der Waals surface area contributed by atoms with Crippen molar-refractivity contribution in [1.82, 2.24) is 14.5 Å². The smallest absolute Gasteiger partial charge is 0.308 e. The van der Waals surface area contributed by atoms with Gasteiger partial charge in [0.25, 0.3) is 0 Å². The molecule has 0 aliphatic carbocycles. The fraction of sp³-hybridized carbons (Fsp3) is 0.273. The minimum Gasteiger partial charge on any atom is -0.481 e. The third-order valence-electron chi connectivity index (χ3n) is 2.42. The minimum atomic E-state index is -3.59. The highest BCUT2D eigenvalue weighted by molar-refractivity contribution is 7.91. The van der Waals surface area contributed by atoms with Gasteiger partial charge < -0.3 is 5.11 Å². The topological polar surface area (TPSA) is 101 Å². The zero-order valence-electron chi connectivity index (χ0n) is 10.4. The molecule has 0 radical (unpaired) electrons. The zero-order valence-corrected chi connectivity index (χ0v) is 12.0. The number of nitrogens with zero attached hydrogens (tertiary/aromatic N) is 2. The van der Waals surface area contributed by atoms with Crippen molar-refractivity contribution in [3.05, 3.63) is 35.5 Å². The number of hydrogen-bond acceptors (Lipinski definition) is 5. The lowest BCUT2D eigenvalue weighted by Gasteiger charge is -2.04. The molecule has 2 heterocycles. The summed E-state index contributed by atoms with van der Waals surface area (Å²) in [4.78, 5) is 11.1. The Morgan fingerprint density at radius 3 is 2.90 bits per heavy atom. The number of thiophene rings is 1. The molecule has 0 spiro atoms. The second-order valence-corrected chi connectivity index (χ2v) is 7.12. The lowest BCUT2D eigenvalue weighted by Crippen LogP contribution is -2.26. The van der Waals surface area contributed by atoms with Crippen molar-refractivity contribution < 1.29 is 18.3 Å². The molecule has 0 bridgehead atoms. The predicted molar refractivity (Wildman–Crippen MR) is 73.1 cm³/mol. The van der Waals surface area contributed by atoms with Crippen LogP contribution in [-0.2, 0) is 27.8 Å². The van der Waals surface area contributed by atoms with Gasteiger partial charge in [-0.15, -0.1) is 11.3 Å². The van der Waals surface area contributed by atoms with Crippen molar-refractivity contribution in [3.63, 3.8) is 0 Å². The van der Waals surface area contributed by atoms with Crippen LogP contribution in [0.5, 0.6) is 0 Å². The first-order chi connectivity index (χ1) is 9.47. The summed E-state index contributed by atoms with van der Waals surface area (Å²) in [7, 11) is -3.59. The summed E-state index contributed by atoms with van der Waals surface area (Å²) in [6, 6.07) is 4.69. The van der Waals surface area contributed by atoms with Gasteiger partial charge in [-0.1, -0.05) is 0 Å². The van der Waals surface area contributed by atoms with Gasteiger partial charge in [-0.3, -0.25) is 9.48 Å². The molecular formula is C11H13N3O4S2.